The summed E-state index contributed by atoms with van der Waals surface area (Å²) in [4.78, 5) is 16.6. The number of amides is 1. The van der Waals surface area contributed by atoms with E-state index >= 15 is 0 Å². The lowest BCUT2D eigenvalue weighted by molar-refractivity contribution is -0.115. The Morgan fingerprint density at radius 3 is 2.41 bits per heavy atom. The molecular weight excluding hydrogens is 422 g/mol. The summed E-state index contributed by atoms with van der Waals surface area (Å²) in [6.07, 6.45) is 0.213. The third-order valence-corrected chi connectivity index (χ3v) is 5.47. The zero-order valence-electron chi connectivity index (χ0n) is 17.5. The molecule has 7 nitrogen and oxygen atoms in total. The molecule has 1 heterocycles. The molecule has 0 aliphatic heterocycles. The van der Waals surface area contributed by atoms with E-state index in [1.165, 1.54) is 11.8 Å². The molecule has 160 valence electrons. The Bertz CT molecular complexity index is 1180. The molecule has 0 saturated carbocycles. The summed E-state index contributed by atoms with van der Waals surface area (Å²) < 4.78 is 5.39. The number of rotatable bonds is 8. The number of anilines is 2. The van der Waals surface area contributed by atoms with Crippen LogP contribution in [0.25, 0.3) is 11.1 Å². The van der Waals surface area contributed by atoms with E-state index in [1.54, 1.807) is 24.3 Å². The Morgan fingerprint density at radius 2 is 1.78 bits per heavy atom. The first-order valence-electron chi connectivity index (χ1n) is 9.92. The lowest BCUT2D eigenvalue weighted by atomic mass is 9.97. The molecule has 0 fully saturated rings. The number of carbonyl (C=O) groups is 1. The molecule has 0 atom stereocenters. The number of hydrogen-bond acceptors (Lipinski definition) is 7. The highest BCUT2D eigenvalue weighted by Crippen LogP contribution is 2.35. The summed E-state index contributed by atoms with van der Waals surface area (Å²) in [5.74, 6) is 1.03. The van der Waals surface area contributed by atoms with Crippen LogP contribution in [0.5, 0.6) is 5.75 Å². The predicted octanol–water partition coefficient (Wildman–Crippen LogP) is 4.59. The molecule has 3 aromatic rings. The van der Waals surface area contributed by atoms with Gasteiger partial charge in [-0.05, 0) is 36.8 Å². The number of benzene rings is 2. The second-order valence-corrected chi connectivity index (χ2v) is 7.70. The summed E-state index contributed by atoms with van der Waals surface area (Å²) in [6.45, 7) is 2.48. The zero-order chi connectivity index (χ0) is 22.9. The zero-order valence-corrected chi connectivity index (χ0v) is 18.3. The smallest absolute Gasteiger partial charge is 0.225 e. The van der Waals surface area contributed by atoms with E-state index in [2.05, 4.69) is 22.4 Å². The molecule has 0 aliphatic rings. The van der Waals surface area contributed by atoms with Gasteiger partial charge in [0.15, 0.2) is 0 Å². The van der Waals surface area contributed by atoms with Crippen LogP contribution in [-0.2, 0) is 4.79 Å². The van der Waals surface area contributed by atoms with Gasteiger partial charge in [0.1, 0.15) is 34.3 Å². The van der Waals surface area contributed by atoms with Gasteiger partial charge in [0.2, 0.25) is 5.91 Å². The van der Waals surface area contributed by atoms with E-state index in [1.807, 2.05) is 37.3 Å². The van der Waals surface area contributed by atoms with Crippen LogP contribution in [-0.4, -0.2) is 23.3 Å². The number of pyridine rings is 1. The first-order valence-corrected chi connectivity index (χ1v) is 10.9. The third-order valence-electron chi connectivity index (χ3n) is 4.50. The second kappa shape index (κ2) is 10.9. The van der Waals surface area contributed by atoms with Crippen molar-refractivity contribution in [1.82, 2.24) is 4.98 Å². The number of ether oxygens (including phenoxy) is 1. The molecule has 0 saturated heterocycles. The van der Waals surface area contributed by atoms with Crippen LogP contribution in [0.2, 0.25) is 0 Å². The van der Waals surface area contributed by atoms with Crippen molar-refractivity contribution < 1.29 is 9.53 Å². The summed E-state index contributed by atoms with van der Waals surface area (Å²) >= 11 is 1.26. The van der Waals surface area contributed by atoms with Crippen molar-refractivity contribution in [2.45, 2.75) is 18.4 Å². The summed E-state index contributed by atoms with van der Waals surface area (Å²) in [5, 5.41) is 22.6. The fraction of sp³-hybridized carbons (Fsp3) is 0.167. The molecule has 2 aromatic carbocycles. The number of hydrogen-bond donors (Lipinski definition) is 2. The number of carbonyl (C=O) groups excluding carboxylic acids is 1. The molecule has 0 radical (unpaired) electrons. The van der Waals surface area contributed by atoms with Crippen molar-refractivity contribution in [3.8, 4) is 29.0 Å². The normalized spacial score (nSPS) is 10.1. The highest BCUT2D eigenvalue weighted by molar-refractivity contribution is 7.99. The third kappa shape index (κ3) is 5.37. The van der Waals surface area contributed by atoms with Crippen molar-refractivity contribution in [2.24, 2.45) is 0 Å². The lowest BCUT2D eigenvalue weighted by Crippen LogP contribution is -2.12. The molecule has 1 aromatic heterocycles. The van der Waals surface area contributed by atoms with Crippen molar-refractivity contribution in [2.75, 3.05) is 23.4 Å². The Morgan fingerprint density at radius 1 is 1.09 bits per heavy atom. The molecule has 0 unspecified atom stereocenters. The number of nitrogens with two attached hydrogens (primary N) is 1. The lowest BCUT2D eigenvalue weighted by Gasteiger charge is -2.13. The molecule has 1 amide bonds. The molecular formula is C24H21N5O2S. The number of aromatic nitrogens is 1. The Labute approximate surface area is 190 Å². The maximum Gasteiger partial charge on any atom is 0.225 e. The summed E-state index contributed by atoms with van der Waals surface area (Å²) in [7, 11) is 0. The maximum absolute atomic E-state index is 12.3. The average molecular weight is 444 g/mol. The van der Waals surface area contributed by atoms with Gasteiger partial charge in [-0.3, -0.25) is 4.79 Å². The number of nitriles is 2. The quantitative estimate of drug-likeness (QED) is 0.488. The first-order chi connectivity index (χ1) is 15.6. The second-order valence-electron chi connectivity index (χ2n) is 6.62. The molecule has 0 aliphatic carbocycles. The number of nitrogen functional groups attached to an aromatic ring is 1. The largest absolute Gasteiger partial charge is 0.494 e. The fourth-order valence-electron chi connectivity index (χ4n) is 3.06. The molecule has 0 spiro atoms. The van der Waals surface area contributed by atoms with Gasteiger partial charge in [0.25, 0.3) is 0 Å². The fourth-order valence-corrected chi connectivity index (χ4v) is 4.00. The van der Waals surface area contributed by atoms with E-state index < -0.39 is 0 Å². The summed E-state index contributed by atoms with van der Waals surface area (Å²) in [6, 6.07) is 20.5. The minimum atomic E-state index is -0.162. The van der Waals surface area contributed by atoms with Crippen molar-refractivity contribution in [1.29, 1.82) is 10.5 Å². The number of nitrogens with zero attached hydrogens (tertiary/aromatic N) is 3. The number of thioether (sulfide) groups is 1. The van der Waals surface area contributed by atoms with Crippen LogP contribution in [0.4, 0.5) is 11.5 Å². The Kier molecular flexibility index (Phi) is 7.69. The van der Waals surface area contributed by atoms with E-state index in [4.69, 9.17) is 10.5 Å². The van der Waals surface area contributed by atoms with E-state index in [-0.39, 0.29) is 29.3 Å². The van der Waals surface area contributed by atoms with Gasteiger partial charge in [-0.2, -0.15) is 10.5 Å². The minimum absolute atomic E-state index is 0.0618. The van der Waals surface area contributed by atoms with Crippen molar-refractivity contribution in [3.63, 3.8) is 0 Å². The minimum Gasteiger partial charge on any atom is -0.494 e. The van der Waals surface area contributed by atoms with Crippen LogP contribution < -0.4 is 15.8 Å². The van der Waals surface area contributed by atoms with E-state index in [0.717, 1.165) is 5.75 Å². The maximum atomic E-state index is 12.3. The van der Waals surface area contributed by atoms with Gasteiger partial charge < -0.3 is 15.8 Å². The average Bonchev–Trinajstić information content (AvgIpc) is 2.80. The van der Waals surface area contributed by atoms with Gasteiger partial charge in [-0.25, -0.2) is 4.98 Å². The summed E-state index contributed by atoms with van der Waals surface area (Å²) in [5.41, 5.74) is 8.31. The molecule has 3 N–H and O–H groups in total. The van der Waals surface area contributed by atoms with Crippen LogP contribution in [0.15, 0.2) is 59.6 Å². The van der Waals surface area contributed by atoms with Crippen molar-refractivity contribution in [3.05, 3.63) is 65.7 Å². The number of nitrogens with one attached hydrogen (secondary N) is 1. The highest BCUT2D eigenvalue weighted by Gasteiger charge is 2.20. The van der Waals surface area contributed by atoms with Gasteiger partial charge in [-0.15, -0.1) is 11.8 Å². The Balaban J connectivity index is 1.72. The van der Waals surface area contributed by atoms with Crippen LogP contribution in [0.3, 0.4) is 0 Å². The standard InChI is InChI=1S/C24H21N5O2S/c1-2-31-18-10-8-17(9-11-18)28-21(30)12-13-32-24-20(15-26)22(16-6-4-3-5-7-16)19(14-25)23(27)29-24/h3-11H,2,12-13H2,1H3,(H2,27,29)(H,28,30). The monoisotopic (exact) mass is 443 g/mol. The highest BCUT2D eigenvalue weighted by atomic mass is 32.2. The van der Waals surface area contributed by atoms with Crippen LogP contribution >= 0.6 is 11.8 Å². The molecule has 32 heavy (non-hydrogen) atoms. The molecule has 3 rings (SSSR count). The van der Waals surface area contributed by atoms with E-state index in [0.29, 0.717) is 34.2 Å². The van der Waals surface area contributed by atoms with Gasteiger partial charge in [-0.1, -0.05) is 30.3 Å². The predicted molar refractivity (Wildman–Crippen MR) is 125 cm³/mol. The SMILES string of the molecule is CCOc1ccc(NC(=O)CCSc2nc(N)c(C#N)c(-c3ccccc3)c2C#N)cc1. The first kappa shape index (κ1) is 22.7. The topological polar surface area (TPSA) is 125 Å². The van der Waals surface area contributed by atoms with Crippen LogP contribution in [0, 0.1) is 22.7 Å². The van der Waals surface area contributed by atoms with E-state index in [9.17, 15) is 15.3 Å². The Hall–Kier alpha value is -4.01. The molecule has 0 bridgehead atoms. The van der Waals surface area contributed by atoms with Gasteiger partial charge in [0, 0.05) is 23.4 Å². The van der Waals surface area contributed by atoms with Crippen LogP contribution in [0.1, 0.15) is 24.5 Å². The van der Waals surface area contributed by atoms with Gasteiger partial charge in [0.05, 0.1) is 12.2 Å². The molecule has 8 heteroatoms. The van der Waals surface area contributed by atoms with Gasteiger partial charge >= 0.3 is 0 Å². The van der Waals surface area contributed by atoms with Crippen molar-refractivity contribution >= 4 is 29.2 Å².